The Morgan fingerprint density at radius 2 is 2.19 bits per heavy atom. The van der Waals surface area contributed by atoms with Crippen LogP contribution in [0.4, 0.5) is 0 Å². The van der Waals surface area contributed by atoms with Crippen molar-refractivity contribution < 1.29 is 0 Å². The number of thiophene rings is 1. The number of nitrogens with one attached hydrogen (secondary N) is 1. The average molecular weight is 240 g/mol. The molecule has 0 fully saturated rings. The molecule has 0 bridgehead atoms. The van der Waals surface area contributed by atoms with E-state index in [1.807, 2.05) is 0 Å². The topological polar surface area (TPSA) is 38.0 Å². The Morgan fingerprint density at radius 1 is 1.44 bits per heavy atom. The van der Waals surface area contributed by atoms with Crippen molar-refractivity contribution in [3.05, 3.63) is 22.4 Å². The van der Waals surface area contributed by atoms with Crippen LogP contribution in [0.25, 0.3) is 0 Å². The summed E-state index contributed by atoms with van der Waals surface area (Å²) in [5, 5.41) is 5.55. The first-order valence-electron chi connectivity index (χ1n) is 5.96. The lowest BCUT2D eigenvalue weighted by Crippen LogP contribution is -2.30. The smallest absolute Gasteiger partial charge is 0.0299 e. The monoisotopic (exact) mass is 240 g/mol. The average Bonchev–Trinajstić information content (AvgIpc) is 2.62. The van der Waals surface area contributed by atoms with Gasteiger partial charge in [0.1, 0.15) is 0 Å². The predicted octanol–water partition coefficient (Wildman–Crippen LogP) is 2.99. The van der Waals surface area contributed by atoms with E-state index in [-0.39, 0.29) is 0 Å². The van der Waals surface area contributed by atoms with E-state index in [4.69, 9.17) is 5.73 Å². The van der Waals surface area contributed by atoms with Crippen molar-refractivity contribution in [2.45, 2.75) is 46.2 Å². The molecule has 0 aliphatic heterocycles. The Kier molecular flexibility index (Phi) is 5.46. The van der Waals surface area contributed by atoms with Crippen molar-refractivity contribution in [1.29, 1.82) is 0 Å². The molecule has 1 atom stereocenters. The maximum atomic E-state index is 6.08. The van der Waals surface area contributed by atoms with E-state index < -0.39 is 0 Å². The van der Waals surface area contributed by atoms with Crippen LogP contribution in [0.1, 0.15) is 38.5 Å². The van der Waals surface area contributed by atoms with Crippen molar-refractivity contribution in [1.82, 2.24) is 5.32 Å². The van der Waals surface area contributed by atoms with E-state index in [1.54, 1.807) is 11.3 Å². The van der Waals surface area contributed by atoms with Crippen LogP contribution in [-0.2, 0) is 6.54 Å². The molecule has 0 saturated carbocycles. The van der Waals surface area contributed by atoms with Gasteiger partial charge >= 0.3 is 0 Å². The molecule has 2 nitrogen and oxygen atoms in total. The second-order valence-electron chi connectivity index (χ2n) is 5.57. The van der Waals surface area contributed by atoms with Crippen molar-refractivity contribution >= 4 is 11.3 Å². The molecule has 0 radical (unpaired) electrons. The summed E-state index contributed by atoms with van der Waals surface area (Å²) < 4.78 is 0. The Morgan fingerprint density at radius 3 is 2.75 bits per heavy atom. The SMILES string of the molecule is CC(C)(C)CC(N)CCNCc1cccs1. The normalized spacial score (nSPS) is 14.0. The fourth-order valence-corrected chi connectivity index (χ4v) is 2.48. The summed E-state index contributed by atoms with van der Waals surface area (Å²) >= 11 is 1.80. The summed E-state index contributed by atoms with van der Waals surface area (Å²) in [6.45, 7) is 8.71. The van der Waals surface area contributed by atoms with E-state index in [1.165, 1.54) is 4.88 Å². The number of rotatable bonds is 6. The van der Waals surface area contributed by atoms with Gasteiger partial charge in [-0.3, -0.25) is 0 Å². The molecule has 1 aromatic heterocycles. The van der Waals surface area contributed by atoms with Crippen LogP contribution in [0.2, 0.25) is 0 Å². The zero-order valence-corrected chi connectivity index (χ0v) is 11.4. The molecule has 0 aromatic carbocycles. The summed E-state index contributed by atoms with van der Waals surface area (Å²) in [5.41, 5.74) is 6.42. The van der Waals surface area contributed by atoms with Crippen LogP contribution in [0.3, 0.4) is 0 Å². The number of hydrogen-bond acceptors (Lipinski definition) is 3. The predicted molar refractivity (Wildman–Crippen MR) is 72.7 cm³/mol. The lowest BCUT2D eigenvalue weighted by Gasteiger charge is -2.23. The van der Waals surface area contributed by atoms with E-state index in [0.29, 0.717) is 11.5 Å². The Bertz CT molecular complexity index is 275. The van der Waals surface area contributed by atoms with Crippen LogP contribution in [0.5, 0.6) is 0 Å². The standard InChI is InChI=1S/C13H24N2S/c1-13(2,3)9-11(14)6-7-15-10-12-5-4-8-16-12/h4-5,8,11,15H,6-7,9-10,14H2,1-3H3. The maximum absolute atomic E-state index is 6.08. The summed E-state index contributed by atoms with van der Waals surface area (Å²) in [6.07, 6.45) is 2.15. The van der Waals surface area contributed by atoms with E-state index in [0.717, 1.165) is 25.9 Å². The van der Waals surface area contributed by atoms with Crippen molar-refractivity contribution in [2.75, 3.05) is 6.54 Å². The third-order valence-corrected chi connectivity index (χ3v) is 3.32. The van der Waals surface area contributed by atoms with Gasteiger partial charge in [0, 0.05) is 17.5 Å². The minimum atomic E-state index is 0.316. The largest absolute Gasteiger partial charge is 0.328 e. The lowest BCUT2D eigenvalue weighted by molar-refractivity contribution is 0.329. The molecule has 0 aliphatic carbocycles. The second-order valence-corrected chi connectivity index (χ2v) is 6.60. The summed E-state index contributed by atoms with van der Waals surface area (Å²) in [7, 11) is 0. The van der Waals surface area contributed by atoms with Crippen LogP contribution in [-0.4, -0.2) is 12.6 Å². The number of hydrogen-bond donors (Lipinski definition) is 2. The van der Waals surface area contributed by atoms with Crippen LogP contribution < -0.4 is 11.1 Å². The van der Waals surface area contributed by atoms with Gasteiger partial charge < -0.3 is 11.1 Å². The summed E-state index contributed by atoms with van der Waals surface area (Å²) in [5.74, 6) is 0. The second kappa shape index (κ2) is 6.38. The quantitative estimate of drug-likeness (QED) is 0.750. The highest BCUT2D eigenvalue weighted by molar-refractivity contribution is 7.09. The van der Waals surface area contributed by atoms with Gasteiger partial charge in [0.05, 0.1) is 0 Å². The molecule has 0 aliphatic rings. The molecular weight excluding hydrogens is 216 g/mol. The molecule has 0 saturated heterocycles. The Balaban J connectivity index is 2.07. The van der Waals surface area contributed by atoms with Crippen LogP contribution in [0, 0.1) is 5.41 Å². The zero-order chi connectivity index (χ0) is 12.0. The highest BCUT2D eigenvalue weighted by Crippen LogP contribution is 2.20. The van der Waals surface area contributed by atoms with Gasteiger partial charge in [-0.2, -0.15) is 0 Å². The van der Waals surface area contributed by atoms with Crippen LogP contribution in [0.15, 0.2) is 17.5 Å². The first kappa shape index (κ1) is 13.7. The third-order valence-electron chi connectivity index (χ3n) is 2.45. The van der Waals surface area contributed by atoms with E-state index >= 15 is 0 Å². The van der Waals surface area contributed by atoms with Crippen molar-refractivity contribution in [2.24, 2.45) is 11.1 Å². The van der Waals surface area contributed by atoms with E-state index in [9.17, 15) is 0 Å². The Labute approximate surface area is 103 Å². The third kappa shape index (κ3) is 6.26. The molecular formula is C13H24N2S. The minimum Gasteiger partial charge on any atom is -0.328 e. The first-order chi connectivity index (χ1) is 7.47. The molecule has 0 spiro atoms. The molecule has 3 heteroatoms. The summed E-state index contributed by atoms with van der Waals surface area (Å²) in [6, 6.07) is 4.57. The molecule has 92 valence electrons. The van der Waals surface area contributed by atoms with Gasteiger partial charge in [-0.05, 0) is 36.2 Å². The zero-order valence-electron chi connectivity index (χ0n) is 10.6. The molecule has 1 unspecified atom stereocenters. The fraction of sp³-hybridized carbons (Fsp3) is 0.692. The maximum Gasteiger partial charge on any atom is 0.0299 e. The first-order valence-corrected chi connectivity index (χ1v) is 6.84. The minimum absolute atomic E-state index is 0.316. The van der Waals surface area contributed by atoms with Gasteiger partial charge in [-0.25, -0.2) is 0 Å². The molecule has 0 amide bonds. The number of nitrogens with two attached hydrogens (primary N) is 1. The molecule has 3 N–H and O–H groups in total. The van der Waals surface area contributed by atoms with Gasteiger partial charge in [-0.1, -0.05) is 26.8 Å². The van der Waals surface area contributed by atoms with Gasteiger partial charge in [0.15, 0.2) is 0 Å². The van der Waals surface area contributed by atoms with Gasteiger partial charge in [0.2, 0.25) is 0 Å². The van der Waals surface area contributed by atoms with Gasteiger partial charge in [-0.15, -0.1) is 11.3 Å². The highest BCUT2D eigenvalue weighted by Gasteiger charge is 2.14. The van der Waals surface area contributed by atoms with Crippen LogP contribution >= 0.6 is 11.3 Å². The lowest BCUT2D eigenvalue weighted by atomic mass is 9.87. The fourth-order valence-electron chi connectivity index (χ4n) is 1.80. The highest BCUT2D eigenvalue weighted by atomic mass is 32.1. The van der Waals surface area contributed by atoms with E-state index in [2.05, 4.69) is 43.6 Å². The summed E-state index contributed by atoms with van der Waals surface area (Å²) in [4.78, 5) is 1.39. The Hall–Kier alpha value is -0.380. The van der Waals surface area contributed by atoms with Crippen molar-refractivity contribution in [3.63, 3.8) is 0 Å². The molecule has 16 heavy (non-hydrogen) atoms. The molecule has 1 aromatic rings. The van der Waals surface area contributed by atoms with Gasteiger partial charge in [0.25, 0.3) is 0 Å². The van der Waals surface area contributed by atoms with Crippen molar-refractivity contribution in [3.8, 4) is 0 Å². The molecule has 1 heterocycles. The molecule has 1 rings (SSSR count).